The first kappa shape index (κ1) is 19.0. The highest BCUT2D eigenvalue weighted by Crippen LogP contribution is 2.34. The van der Waals surface area contributed by atoms with E-state index in [4.69, 9.17) is 11.6 Å². The number of halogens is 1. The van der Waals surface area contributed by atoms with Crippen molar-refractivity contribution in [2.24, 2.45) is 7.05 Å². The molecule has 0 bridgehead atoms. The number of nitrogens with zero attached hydrogens (tertiary/aromatic N) is 5. The molecule has 9 heteroatoms. The molecular weight excluding hydrogens is 398 g/mol. The molecule has 28 heavy (non-hydrogen) atoms. The Hall–Kier alpha value is -2.29. The maximum absolute atomic E-state index is 13.0. The predicted octanol–water partition coefficient (Wildman–Crippen LogP) is 3.10. The van der Waals surface area contributed by atoms with Gasteiger partial charge in [0.15, 0.2) is 5.03 Å². The molecule has 0 N–H and O–H groups in total. The van der Waals surface area contributed by atoms with Crippen LogP contribution < -0.4 is 0 Å². The van der Waals surface area contributed by atoms with Gasteiger partial charge < -0.3 is 4.57 Å². The standard InChI is InChI=1S/C19H20ClN5O2S/c1-24-12-17(23-13-24)28(26,27)25-9-3-5-15(11-25)19-18(21-7-8-22-19)14-4-2-6-16(20)10-14/h2,4,6-8,10,12-13,15H,3,5,9,11H2,1H3. The number of hydrogen-bond acceptors (Lipinski definition) is 5. The van der Waals surface area contributed by atoms with Gasteiger partial charge in [-0.2, -0.15) is 4.31 Å². The van der Waals surface area contributed by atoms with Crippen molar-refractivity contribution in [1.82, 2.24) is 23.8 Å². The van der Waals surface area contributed by atoms with Crippen LogP contribution >= 0.6 is 11.6 Å². The number of imidazole rings is 1. The van der Waals surface area contributed by atoms with Crippen molar-refractivity contribution in [3.05, 3.63) is 59.9 Å². The molecule has 1 aliphatic rings. The molecule has 1 aromatic carbocycles. The minimum Gasteiger partial charge on any atom is -0.339 e. The molecule has 0 amide bonds. The van der Waals surface area contributed by atoms with Gasteiger partial charge in [0, 0.05) is 55.2 Å². The van der Waals surface area contributed by atoms with Crippen LogP contribution in [0.25, 0.3) is 11.3 Å². The maximum Gasteiger partial charge on any atom is 0.262 e. The third-order valence-electron chi connectivity index (χ3n) is 4.88. The summed E-state index contributed by atoms with van der Waals surface area (Å²) in [5.74, 6) is -0.0464. The molecule has 2 aromatic heterocycles. The van der Waals surface area contributed by atoms with E-state index < -0.39 is 10.0 Å². The van der Waals surface area contributed by atoms with E-state index in [-0.39, 0.29) is 10.9 Å². The van der Waals surface area contributed by atoms with Gasteiger partial charge in [-0.05, 0) is 25.0 Å². The number of piperidine rings is 1. The summed E-state index contributed by atoms with van der Waals surface area (Å²) in [5.41, 5.74) is 2.41. The zero-order valence-corrected chi connectivity index (χ0v) is 16.9. The second kappa shape index (κ2) is 7.62. The van der Waals surface area contributed by atoms with E-state index in [1.807, 2.05) is 24.3 Å². The summed E-state index contributed by atoms with van der Waals surface area (Å²) in [6.07, 6.45) is 7.91. The molecule has 0 spiro atoms. The van der Waals surface area contributed by atoms with Crippen molar-refractivity contribution in [2.45, 2.75) is 23.8 Å². The first-order chi connectivity index (χ1) is 13.4. The maximum atomic E-state index is 13.0. The number of aromatic nitrogens is 4. The van der Waals surface area contributed by atoms with Gasteiger partial charge in [-0.1, -0.05) is 23.7 Å². The van der Waals surface area contributed by atoms with E-state index in [2.05, 4.69) is 15.0 Å². The molecule has 1 saturated heterocycles. The van der Waals surface area contributed by atoms with Gasteiger partial charge in [0.1, 0.15) is 0 Å². The highest BCUT2D eigenvalue weighted by atomic mass is 35.5. The van der Waals surface area contributed by atoms with Crippen LogP contribution in [-0.2, 0) is 17.1 Å². The summed E-state index contributed by atoms with van der Waals surface area (Å²) in [7, 11) is -1.88. The highest BCUT2D eigenvalue weighted by molar-refractivity contribution is 7.89. The molecule has 1 aliphatic heterocycles. The summed E-state index contributed by atoms with van der Waals surface area (Å²) in [5, 5.41) is 0.696. The second-order valence-electron chi connectivity index (χ2n) is 6.88. The third-order valence-corrected chi connectivity index (χ3v) is 6.87. The Kier molecular flexibility index (Phi) is 5.18. The lowest BCUT2D eigenvalue weighted by Crippen LogP contribution is -2.39. The van der Waals surface area contributed by atoms with Crippen LogP contribution in [0.4, 0.5) is 0 Å². The topological polar surface area (TPSA) is 81.0 Å². The fourth-order valence-corrected chi connectivity index (χ4v) is 5.22. The Morgan fingerprint density at radius 3 is 2.75 bits per heavy atom. The number of hydrogen-bond donors (Lipinski definition) is 0. The Labute approximate surface area is 169 Å². The van der Waals surface area contributed by atoms with Crippen molar-refractivity contribution in [3.8, 4) is 11.3 Å². The van der Waals surface area contributed by atoms with Gasteiger partial charge in [-0.25, -0.2) is 13.4 Å². The number of aryl methyl sites for hydroxylation is 1. The molecule has 7 nitrogen and oxygen atoms in total. The van der Waals surface area contributed by atoms with E-state index >= 15 is 0 Å². The first-order valence-corrected chi connectivity index (χ1v) is 10.8. The Morgan fingerprint density at radius 1 is 1.18 bits per heavy atom. The van der Waals surface area contributed by atoms with Crippen molar-refractivity contribution in [3.63, 3.8) is 0 Å². The zero-order valence-electron chi connectivity index (χ0n) is 15.4. The smallest absolute Gasteiger partial charge is 0.262 e. The Bertz CT molecular complexity index is 1100. The van der Waals surface area contributed by atoms with Gasteiger partial charge in [0.25, 0.3) is 10.0 Å². The summed E-state index contributed by atoms with van der Waals surface area (Å²) in [6.45, 7) is 0.827. The van der Waals surface area contributed by atoms with E-state index in [0.717, 1.165) is 29.8 Å². The van der Waals surface area contributed by atoms with E-state index in [1.165, 1.54) is 16.8 Å². The zero-order chi connectivity index (χ0) is 19.7. The lowest BCUT2D eigenvalue weighted by molar-refractivity contribution is 0.312. The summed E-state index contributed by atoms with van der Waals surface area (Å²) < 4.78 is 29.1. The molecule has 0 saturated carbocycles. The lowest BCUT2D eigenvalue weighted by atomic mass is 9.92. The third kappa shape index (κ3) is 3.67. The average molecular weight is 418 g/mol. The summed E-state index contributed by atoms with van der Waals surface area (Å²) in [6, 6.07) is 7.46. The molecule has 3 heterocycles. The quantitative estimate of drug-likeness (QED) is 0.651. The van der Waals surface area contributed by atoms with Crippen LogP contribution in [0.3, 0.4) is 0 Å². The van der Waals surface area contributed by atoms with Gasteiger partial charge in [0.05, 0.1) is 17.7 Å². The minimum atomic E-state index is -3.63. The fourth-order valence-electron chi connectivity index (χ4n) is 3.54. The summed E-state index contributed by atoms with van der Waals surface area (Å²) >= 11 is 6.14. The molecule has 1 atom stereocenters. The molecule has 1 unspecified atom stereocenters. The van der Waals surface area contributed by atoms with Gasteiger partial charge in [-0.15, -0.1) is 0 Å². The predicted molar refractivity (Wildman–Crippen MR) is 106 cm³/mol. The first-order valence-electron chi connectivity index (χ1n) is 9.00. The largest absolute Gasteiger partial charge is 0.339 e. The van der Waals surface area contributed by atoms with E-state index in [0.29, 0.717) is 18.1 Å². The van der Waals surface area contributed by atoms with Crippen LogP contribution in [0, 0.1) is 0 Å². The highest BCUT2D eigenvalue weighted by Gasteiger charge is 2.33. The van der Waals surface area contributed by atoms with Crippen molar-refractivity contribution in [2.75, 3.05) is 13.1 Å². The fraction of sp³-hybridized carbons (Fsp3) is 0.316. The monoisotopic (exact) mass is 417 g/mol. The van der Waals surface area contributed by atoms with E-state index in [1.54, 1.807) is 24.0 Å². The normalized spacial score (nSPS) is 18.3. The van der Waals surface area contributed by atoms with Gasteiger partial charge in [-0.3, -0.25) is 9.97 Å². The van der Waals surface area contributed by atoms with Crippen LogP contribution in [0.5, 0.6) is 0 Å². The molecular formula is C19H20ClN5O2S. The van der Waals surface area contributed by atoms with Crippen molar-refractivity contribution < 1.29 is 8.42 Å². The number of sulfonamides is 1. The minimum absolute atomic E-state index is 0.0464. The van der Waals surface area contributed by atoms with Gasteiger partial charge >= 0.3 is 0 Å². The second-order valence-corrected chi connectivity index (χ2v) is 9.20. The van der Waals surface area contributed by atoms with E-state index in [9.17, 15) is 8.42 Å². The van der Waals surface area contributed by atoms with Crippen LogP contribution in [-0.4, -0.2) is 45.3 Å². The van der Waals surface area contributed by atoms with Crippen LogP contribution in [0.15, 0.2) is 54.2 Å². The van der Waals surface area contributed by atoms with Crippen LogP contribution in [0.2, 0.25) is 5.02 Å². The van der Waals surface area contributed by atoms with Crippen LogP contribution in [0.1, 0.15) is 24.5 Å². The molecule has 0 aliphatic carbocycles. The number of benzene rings is 1. The van der Waals surface area contributed by atoms with Gasteiger partial charge in [0.2, 0.25) is 0 Å². The lowest BCUT2D eigenvalue weighted by Gasteiger charge is -2.31. The molecule has 1 fully saturated rings. The number of rotatable bonds is 4. The Morgan fingerprint density at radius 2 is 2.00 bits per heavy atom. The molecule has 4 rings (SSSR count). The summed E-state index contributed by atoms with van der Waals surface area (Å²) in [4.78, 5) is 13.1. The molecule has 0 radical (unpaired) electrons. The van der Waals surface area contributed by atoms with Crippen molar-refractivity contribution >= 4 is 21.6 Å². The molecule has 146 valence electrons. The molecule has 3 aromatic rings. The Balaban J connectivity index is 1.66. The van der Waals surface area contributed by atoms with Crippen molar-refractivity contribution in [1.29, 1.82) is 0 Å². The SMILES string of the molecule is Cn1cnc(S(=O)(=O)N2CCCC(c3nccnc3-c3cccc(Cl)c3)C2)c1. The average Bonchev–Trinajstić information content (AvgIpc) is 3.15.